The fourth-order valence-electron chi connectivity index (χ4n) is 1.68. The highest BCUT2D eigenvalue weighted by atomic mass is 35.5. The van der Waals surface area contributed by atoms with Crippen LogP contribution in [0.5, 0.6) is 5.75 Å². The van der Waals surface area contributed by atoms with E-state index < -0.39 is 6.23 Å². The lowest BCUT2D eigenvalue weighted by Crippen LogP contribution is -2.18. The highest BCUT2D eigenvalue weighted by molar-refractivity contribution is 6.17. The van der Waals surface area contributed by atoms with Crippen molar-refractivity contribution >= 4 is 23.4 Å². The summed E-state index contributed by atoms with van der Waals surface area (Å²) in [6.07, 6.45) is 4.91. The number of unbranched alkanes of at least 4 members (excludes halogenated alkanes) is 1. The van der Waals surface area contributed by atoms with Gasteiger partial charge in [-0.15, -0.1) is 11.6 Å². The number of aliphatic hydroxyl groups excluding tert-OH is 1. The number of aliphatic hydroxyl groups is 1. The van der Waals surface area contributed by atoms with E-state index in [4.69, 9.17) is 16.3 Å². The standard InChI is InChI=1S/C13H16ClNO2/c14-7-1-2-8-17-11-5-3-10-4-6-13(16)15-12(10)9-11/h3-6,9,13,15-16H,1-2,7-8H2. The van der Waals surface area contributed by atoms with Gasteiger partial charge in [-0.05, 0) is 36.6 Å². The minimum absolute atomic E-state index is 0.617. The first-order chi connectivity index (χ1) is 8.29. The molecule has 1 aliphatic rings. The second-order valence-corrected chi connectivity index (χ2v) is 4.32. The topological polar surface area (TPSA) is 41.5 Å². The molecule has 17 heavy (non-hydrogen) atoms. The van der Waals surface area contributed by atoms with Crippen molar-refractivity contribution in [1.82, 2.24) is 0 Å². The molecule has 0 aliphatic carbocycles. The summed E-state index contributed by atoms with van der Waals surface area (Å²) in [5, 5.41) is 12.4. The van der Waals surface area contributed by atoms with Gasteiger partial charge in [-0.3, -0.25) is 0 Å². The minimum atomic E-state index is -0.617. The Bertz CT molecular complexity index is 406. The number of ether oxygens (including phenoxy) is 1. The number of hydrogen-bond donors (Lipinski definition) is 2. The smallest absolute Gasteiger partial charge is 0.144 e. The molecule has 0 spiro atoms. The molecule has 1 unspecified atom stereocenters. The predicted octanol–water partition coefficient (Wildman–Crippen LogP) is 2.84. The average Bonchev–Trinajstić information content (AvgIpc) is 2.34. The summed E-state index contributed by atoms with van der Waals surface area (Å²) in [7, 11) is 0. The van der Waals surface area contributed by atoms with Crippen LogP contribution in [0.1, 0.15) is 18.4 Å². The molecule has 2 rings (SSSR count). The summed E-state index contributed by atoms with van der Waals surface area (Å²) in [5.74, 6) is 1.49. The maximum Gasteiger partial charge on any atom is 0.144 e. The van der Waals surface area contributed by atoms with Gasteiger partial charge in [-0.2, -0.15) is 0 Å². The van der Waals surface area contributed by atoms with Gasteiger partial charge < -0.3 is 15.2 Å². The third-order valence-electron chi connectivity index (χ3n) is 2.58. The van der Waals surface area contributed by atoms with Crippen molar-refractivity contribution in [3.05, 3.63) is 29.8 Å². The molecule has 0 bridgehead atoms. The maximum absolute atomic E-state index is 9.44. The van der Waals surface area contributed by atoms with Crippen molar-refractivity contribution in [1.29, 1.82) is 0 Å². The number of benzene rings is 1. The van der Waals surface area contributed by atoms with Crippen molar-refractivity contribution in [2.24, 2.45) is 0 Å². The van der Waals surface area contributed by atoms with Gasteiger partial charge >= 0.3 is 0 Å². The van der Waals surface area contributed by atoms with Gasteiger partial charge in [0.2, 0.25) is 0 Å². The molecule has 0 saturated heterocycles. The second kappa shape index (κ2) is 5.94. The molecular formula is C13H16ClNO2. The van der Waals surface area contributed by atoms with E-state index in [1.807, 2.05) is 24.3 Å². The molecule has 0 amide bonds. The molecule has 4 heteroatoms. The van der Waals surface area contributed by atoms with Crippen LogP contribution in [0.4, 0.5) is 5.69 Å². The Morgan fingerprint density at radius 2 is 2.24 bits per heavy atom. The van der Waals surface area contributed by atoms with Crippen LogP contribution in [0.25, 0.3) is 6.08 Å². The summed E-state index contributed by atoms with van der Waals surface area (Å²) >= 11 is 5.59. The Balaban J connectivity index is 1.96. The Labute approximate surface area is 106 Å². The zero-order valence-corrected chi connectivity index (χ0v) is 10.3. The lowest BCUT2D eigenvalue weighted by Gasteiger charge is -2.18. The van der Waals surface area contributed by atoms with E-state index in [2.05, 4.69) is 5.32 Å². The molecular weight excluding hydrogens is 238 g/mol. The van der Waals surface area contributed by atoms with Crippen molar-refractivity contribution in [3.63, 3.8) is 0 Å². The number of halogens is 1. The Morgan fingerprint density at radius 1 is 1.35 bits per heavy atom. The molecule has 3 nitrogen and oxygen atoms in total. The number of fused-ring (bicyclic) bond motifs is 1. The van der Waals surface area contributed by atoms with Crippen LogP contribution in [0, 0.1) is 0 Å². The summed E-state index contributed by atoms with van der Waals surface area (Å²) in [4.78, 5) is 0. The fraction of sp³-hybridized carbons (Fsp3) is 0.385. The van der Waals surface area contributed by atoms with Crippen molar-refractivity contribution < 1.29 is 9.84 Å². The number of anilines is 1. The van der Waals surface area contributed by atoms with Crippen LogP contribution in [0.2, 0.25) is 0 Å². The lowest BCUT2D eigenvalue weighted by molar-refractivity contribution is 0.252. The summed E-state index contributed by atoms with van der Waals surface area (Å²) in [6, 6.07) is 5.81. The SMILES string of the molecule is OC1C=Cc2ccc(OCCCCCl)cc2N1. The Hall–Kier alpha value is -1.19. The highest BCUT2D eigenvalue weighted by Crippen LogP contribution is 2.27. The molecule has 92 valence electrons. The van der Waals surface area contributed by atoms with E-state index in [9.17, 15) is 5.11 Å². The van der Waals surface area contributed by atoms with Gasteiger partial charge in [0.1, 0.15) is 12.0 Å². The normalized spacial score (nSPS) is 17.4. The quantitative estimate of drug-likeness (QED) is 0.626. The third kappa shape index (κ3) is 3.38. The minimum Gasteiger partial charge on any atom is -0.494 e. The zero-order chi connectivity index (χ0) is 12.1. The number of rotatable bonds is 5. The number of alkyl halides is 1. The monoisotopic (exact) mass is 253 g/mol. The van der Waals surface area contributed by atoms with E-state index in [0.717, 1.165) is 29.8 Å². The van der Waals surface area contributed by atoms with Gasteiger partial charge in [-0.25, -0.2) is 0 Å². The first kappa shape index (κ1) is 12.3. The van der Waals surface area contributed by atoms with Gasteiger partial charge in [0.15, 0.2) is 0 Å². The average molecular weight is 254 g/mol. The van der Waals surface area contributed by atoms with Gasteiger partial charge in [0.05, 0.1) is 6.61 Å². The Morgan fingerprint density at radius 3 is 3.06 bits per heavy atom. The van der Waals surface area contributed by atoms with Crippen LogP contribution < -0.4 is 10.1 Å². The maximum atomic E-state index is 9.44. The van der Waals surface area contributed by atoms with Crippen LogP contribution in [0.3, 0.4) is 0 Å². The molecule has 0 saturated carbocycles. The summed E-state index contributed by atoms with van der Waals surface area (Å²) in [6.45, 7) is 0.671. The van der Waals surface area contributed by atoms with Gasteiger partial charge in [0, 0.05) is 17.6 Å². The lowest BCUT2D eigenvalue weighted by atomic mass is 10.1. The Kier molecular flexibility index (Phi) is 4.29. The molecule has 1 atom stereocenters. The van der Waals surface area contributed by atoms with Crippen LogP contribution in [0.15, 0.2) is 24.3 Å². The van der Waals surface area contributed by atoms with Gasteiger partial charge in [-0.1, -0.05) is 6.08 Å². The summed E-state index contributed by atoms with van der Waals surface area (Å²) in [5.41, 5.74) is 1.96. The second-order valence-electron chi connectivity index (χ2n) is 3.94. The fourth-order valence-corrected chi connectivity index (χ4v) is 1.87. The first-order valence-electron chi connectivity index (χ1n) is 5.75. The molecule has 0 fully saturated rings. The van der Waals surface area contributed by atoms with E-state index in [-0.39, 0.29) is 0 Å². The van der Waals surface area contributed by atoms with E-state index >= 15 is 0 Å². The largest absolute Gasteiger partial charge is 0.494 e. The molecule has 1 aromatic rings. The van der Waals surface area contributed by atoms with Crippen molar-refractivity contribution in [2.45, 2.75) is 19.1 Å². The predicted molar refractivity (Wildman–Crippen MR) is 70.6 cm³/mol. The van der Waals surface area contributed by atoms with Crippen LogP contribution in [-0.2, 0) is 0 Å². The van der Waals surface area contributed by atoms with E-state index in [1.165, 1.54) is 0 Å². The number of hydrogen-bond acceptors (Lipinski definition) is 3. The van der Waals surface area contributed by atoms with E-state index in [1.54, 1.807) is 6.08 Å². The van der Waals surface area contributed by atoms with Gasteiger partial charge in [0.25, 0.3) is 0 Å². The van der Waals surface area contributed by atoms with Crippen LogP contribution >= 0.6 is 11.6 Å². The van der Waals surface area contributed by atoms with Crippen molar-refractivity contribution in [3.8, 4) is 5.75 Å². The number of nitrogens with one attached hydrogen (secondary N) is 1. The molecule has 2 N–H and O–H groups in total. The van der Waals surface area contributed by atoms with E-state index in [0.29, 0.717) is 12.5 Å². The molecule has 0 radical (unpaired) electrons. The molecule has 0 aromatic heterocycles. The molecule has 1 aromatic carbocycles. The molecule has 1 aliphatic heterocycles. The first-order valence-corrected chi connectivity index (χ1v) is 6.28. The molecule has 1 heterocycles. The van der Waals surface area contributed by atoms with Crippen LogP contribution in [-0.4, -0.2) is 23.8 Å². The van der Waals surface area contributed by atoms with Crippen molar-refractivity contribution in [2.75, 3.05) is 17.8 Å². The third-order valence-corrected chi connectivity index (χ3v) is 2.85. The zero-order valence-electron chi connectivity index (χ0n) is 9.53. The highest BCUT2D eigenvalue weighted by Gasteiger charge is 2.10. The summed E-state index contributed by atoms with van der Waals surface area (Å²) < 4.78 is 5.61.